The minimum absolute atomic E-state index is 0.0769. The van der Waals surface area contributed by atoms with Crippen molar-refractivity contribution in [1.82, 2.24) is 5.32 Å². The molecular formula is C11H16ClNO2. The minimum atomic E-state index is -0.0769. The van der Waals surface area contributed by atoms with E-state index in [4.69, 9.17) is 16.0 Å². The van der Waals surface area contributed by atoms with Gasteiger partial charge < -0.3 is 9.73 Å². The van der Waals surface area contributed by atoms with Crippen molar-refractivity contribution in [3.8, 4) is 0 Å². The molecule has 84 valence electrons. The Bertz CT molecular complexity index is 358. The maximum atomic E-state index is 11.8. The van der Waals surface area contributed by atoms with Gasteiger partial charge in [-0.1, -0.05) is 0 Å². The Morgan fingerprint density at radius 1 is 1.33 bits per heavy atom. The van der Waals surface area contributed by atoms with Crippen LogP contribution in [0.2, 0.25) is 0 Å². The monoisotopic (exact) mass is 229 g/mol. The van der Waals surface area contributed by atoms with Crippen LogP contribution in [0.15, 0.2) is 4.42 Å². The zero-order valence-corrected chi connectivity index (χ0v) is 10.1. The van der Waals surface area contributed by atoms with E-state index in [1.165, 1.54) is 0 Å². The van der Waals surface area contributed by atoms with E-state index in [1.807, 2.05) is 13.8 Å². The molecule has 1 amide bonds. The predicted octanol–water partition coefficient (Wildman–Crippen LogP) is 2.56. The second kappa shape index (κ2) is 5.21. The van der Waals surface area contributed by atoms with Crippen LogP contribution in [0.3, 0.4) is 0 Å². The third-order valence-electron chi connectivity index (χ3n) is 2.38. The number of hydrogen-bond acceptors (Lipinski definition) is 2. The normalized spacial score (nSPS) is 10.4. The molecule has 0 saturated heterocycles. The molecule has 1 aromatic heterocycles. The summed E-state index contributed by atoms with van der Waals surface area (Å²) in [7, 11) is 0. The smallest absolute Gasteiger partial charge is 0.255 e. The number of rotatable bonds is 4. The molecule has 1 rings (SSSR count). The SMILES string of the molecule is Cc1oc(C)c(C(=O)NCCCCl)c1C. The van der Waals surface area contributed by atoms with E-state index in [1.54, 1.807) is 6.92 Å². The van der Waals surface area contributed by atoms with Crippen LogP contribution in [0.1, 0.15) is 33.9 Å². The first-order valence-electron chi connectivity index (χ1n) is 4.98. The number of furan rings is 1. The fraction of sp³-hybridized carbons (Fsp3) is 0.545. The van der Waals surface area contributed by atoms with E-state index in [-0.39, 0.29) is 5.91 Å². The van der Waals surface area contributed by atoms with Crippen LogP contribution in [0.4, 0.5) is 0 Å². The predicted molar refractivity (Wildman–Crippen MR) is 60.6 cm³/mol. The summed E-state index contributed by atoms with van der Waals surface area (Å²) in [6.45, 7) is 6.15. The minimum Gasteiger partial charge on any atom is -0.466 e. The largest absolute Gasteiger partial charge is 0.466 e. The van der Waals surface area contributed by atoms with E-state index in [0.717, 1.165) is 17.7 Å². The number of amides is 1. The molecule has 0 aliphatic rings. The summed E-state index contributed by atoms with van der Waals surface area (Å²) in [6.07, 6.45) is 0.780. The van der Waals surface area contributed by atoms with Crippen LogP contribution in [0.25, 0.3) is 0 Å². The van der Waals surface area contributed by atoms with Gasteiger partial charge in [0.15, 0.2) is 0 Å². The van der Waals surface area contributed by atoms with Crippen molar-refractivity contribution in [1.29, 1.82) is 0 Å². The van der Waals surface area contributed by atoms with E-state index in [9.17, 15) is 4.79 Å². The third kappa shape index (κ3) is 2.75. The van der Waals surface area contributed by atoms with Gasteiger partial charge in [-0.25, -0.2) is 0 Å². The molecule has 0 unspecified atom stereocenters. The fourth-order valence-electron chi connectivity index (χ4n) is 1.48. The first kappa shape index (κ1) is 12.1. The molecule has 0 spiro atoms. The number of aryl methyl sites for hydroxylation is 2. The van der Waals surface area contributed by atoms with Gasteiger partial charge in [0.1, 0.15) is 11.5 Å². The highest BCUT2D eigenvalue weighted by atomic mass is 35.5. The van der Waals surface area contributed by atoms with Gasteiger partial charge in [0.25, 0.3) is 5.91 Å². The molecule has 0 bridgehead atoms. The molecule has 0 atom stereocenters. The highest BCUT2D eigenvalue weighted by Gasteiger charge is 2.17. The second-order valence-corrected chi connectivity index (χ2v) is 3.89. The van der Waals surface area contributed by atoms with Crippen molar-refractivity contribution in [3.05, 3.63) is 22.6 Å². The van der Waals surface area contributed by atoms with Gasteiger partial charge in [-0.3, -0.25) is 4.79 Å². The molecular weight excluding hydrogens is 214 g/mol. The Morgan fingerprint density at radius 2 is 2.00 bits per heavy atom. The molecule has 1 aromatic rings. The lowest BCUT2D eigenvalue weighted by molar-refractivity contribution is 0.0952. The summed E-state index contributed by atoms with van der Waals surface area (Å²) in [6, 6.07) is 0. The number of nitrogens with one attached hydrogen (secondary N) is 1. The standard InChI is InChI=1S/C11H16ClNO2/c1-7-8(2)15-9(3)10(7)11(14)13-6-4-5-12/h4-6H2,1-3H3,(H,13,14). The summed E-state index contributed by atoms with van der Waals surface area (Å²) >= 11 is 5.53. The van der Waals surface area contributed by atoms with Crippen molar-refractivity contribution in [2.24, 2.45) is 0 Å². The average Bonchev–Trinajstić information content (AvgIpc) is 2.41. The van der Waals surface area contributed by atoms with Crippen LogP contribution in [-0.2, 0) is 0 Å². The zero-order chi connectivity index (χ0) is 11.4. The topological polar surface area (TPSA) is 42.2 Å². The van der Waals surface area contributed by atoms with Gasteiger partial charge in [0, 0.05) is 18.0 Å². The molecule has 0 saturated carbocycles. The van der Waals surface area contributed by atoms with Crippen molar-refractivity contribution in [2.45, 2.75) is 27.2 Å². The van der Waals surface area contributed by atoms with Crippen LogP contribution in [-0.4, -0.2) is 18.3 Å². The number of halogens is 1. The average molecular weight is 230 g/mol. The molecule has 3 nitrogen and oxygen atoms in total. The number of hydrogen-bond donors (Lipinski definition) is 1. The molecule has 0 aliphatic heterocycles. The molecule has 0 radical (unpaired) electrons. The molecule has 15 heavy (non-hydrogen) atoms. The first-order valence-corrected chi connectivity index (χ1v) is 5.52. The summed E-state index contributed by atoms with van der Waals surface area (Å²) in [5, 5.41) is 2.81. The van der Waals surface area contributed by atoms with Crippen molar-refractivity contribution < 1.29 is 9.21 Å². The summed E-state index contributed by atoms with van der Waals surface area (Å²) < 4.78 is 5.39. The summed E-state index contributed by atoms with van der Waals surface area (Å²) in [4.78, 5) is 11.8. The Kier molecular flexibility index (Phi) is 4.21. The van der Waals surface area contributed by atoms with Gasteiger partial charge in [-0.05, 0) is 27.2 Å². The van der Waals surface area contributed by atoms with E-state index in [2.05, 4.69) is 5.32 Å². The van der Waals surface area contributed by atoms with Crippen molar-refractivity contribution in [2.75, 3.05) is 12.4 Å². The lowest BCUT2D eigenvalue weighted by Crippen LogP contribution is -2.25. The lowest BCUT2D eigenvalue weighted by Gasteiger charge is -2.03. The third-order valence-corrected chi connectivity index (χ3v) is 2.65. The Balaban J connectivity index is 2.73. The molecule has 0 fully saturated rings. The number of alkyl halides is 1. The van der Waals surface area contributed by atoms with Crippen molar-refractivity contribution in [3.63, 3.8) is 0 Å². The maximum absolute atomic E-state index is 11.8. The number of carbonyl (C=O) groups excluding carboxylic acids is 1. The van der Waals surface area contributed by atoms with Gasteiger partial charge >= 0.3 is 0 Å². The van der Waals surface area contributed by atoms with Gasteiger partial charge in [-0.15, -0.1) is 11.6 Å². The van der Waals surface area contributed by atoms with E-state index >= 15 is 0 Å². The van der Waals surface area contributed by atoms with Crippen molar-refractivity contribution >= 4 is 17.5 Å². The quantitative estimate of drug-likeness (QED) is 0.637. The van der Waals surface area contributed by atoms with E-state index in [0.29, 0.717) is 23.7 Å². The molecule has 1 heterocycles. The number of carbonyl (C=O) groups is 1. The Hall–Kier alpha value is -0.960. The van der Waals surface area contributed by atoms with Gasteiger partial charge in [0.2, 0.25) is 0 Å². The van der Waals surface area contributed by atoms with Crippen LogP contribution in [0, 0.1) is 20.8 Å². The highest BCUT2D eigenvalue weighted by molar-refractivity contribution is 6.17. The van der Waals surface area contributed by atoms with E-state index < -0.39 is 0 Å². The fourth-order valence-corrected chi connectivity index (χ4v) is 1.62. The molecule has 0 aliphatic carbocycles. The van der Waals surface area contributed by atoms with Crippen LogP contribution < -0.4 is 5.32 Å². The Morgan fingerprint density at radius 3 is 2.47 bits per heavy atom. The van der Waals surface area contributed by atoms with Crippen LogP contribution >= 0.6 is 11.6 Å². The van der Waals surface area contributed by atoms with Gasteiger partial charge in [-0.2, -0.15) is 0 Å². The maximum Gasteiger partial charge on any atom is 0.255 e. The molecule has 4 heteroatoms. The second-order valence-electron chi connectivity index (χ2n) is 3.51. The zero-order valence-electron chi connectivity index (χ0n) is 9.32. The summed E-state index contributed by atoms with van der Waals surface area (Å²) in [5.74, 6) is 1.96. The summed E-state index contributed by atoms with van der Waals surface area (Å²) in [5.41, 5.74) is 1.57. The Labute approximate surface area is 94.8 Å². The lowest BCUT2D eigenvalue weighted by atomic mass is 10.1. The van der Waals surface area contributed by atoms with Crippen LogP contribution in [0.5, 0.6) is 0 Å². The molecule has 0 aromatic carbocycles. The highest BCUT2D eigenvalue weighted by Crippen LogP contribution is 2.20. The first-order chi connectivity index (χ1) is 7.07. The molecule has 1 N–H and O–H groups in total. The van der Waals surface area contributed by atoms with Gasteiger partial charge in [0.05, 0.1) is 5.56 Å².